The molecule has 1 nitrogen and oxygen atoms in total. The van der Waals surface area contributed by atoms with Gasteiger partial charge in [-0.15, -0.1) is 0 Å². The van der Waals surface area contributed by atoms with Crippen molar-refractivity contribution >= 4 is 0 Å². The molecule has 0 aromatic carbocycles. The van der Waals surface area contributed by atoms with Gasteiger partial charge in [-0.2, -0.15) is 0 Å². The molecule has 1 aliphatic rings. The topological polar surface area (TPSA) is 12.0 Å². The Morgan fingerprint density at radius 2 is 2.00 bits per heavy atom. The summed E-state index contributed by atoms with van der Waals surface area (Å²) in [5.41, 5.74) is 0.699. The summed E-state index contributed by atoms with van der Waals surface area (Å²) in [4.78, 5) is 0. The van der Waals surface area contributed by atoms with E-state index in [0.29, 0.717) is 5.41 Å². The van der Waals surface area contributed by atoms with Crippen molar-refractivity contribution in [1.29, 1.82) is 0 Å². The molecule has 1 atom stereocenters. The van der Waals surface area contributed by atoms with Gasteiger partial charge >= 0.3 is 0 Å². The fourth-order valence-corrected chi connectivity index (χ4v) is 2.08. The highest BCUT2D eigenvalue weighted by atomic mass is 14.9. The molecule has 0 aliphatic heterocycles. The van der Waals surface area contributed by atoms with Gasteiger partial charge in [-0.1, -0.05) is 20.3 Å². The third-order valence-corrected chi connectivity index (χ3v) is 3.07. The summed E-state index contributed by atoms with van der Waals surface area (Å²) in [5, 5.41) is 3.53. The molecule has 66 valence electrons. The van der Waals surface area contributed by atoms with Gasteiger partial charge in [0.25, 0.3) is 0 Å². The molecule has 11 heavy (non-hydrogen) atoms. The van der Waals surface area contributed by atoms with Gasteiger partial charge in [0.2, 0.25) is 0 Å². The zero-order valence-electron chi connectivity index (χ0n) is 8.11. The molecule has 1 N–H and O–H groups in total. The molecular formula is C10H21N. The van der Waals surface area contributed by atoms with Crippen molar-refractivity contribution in [2.75, 3.05) is 6.54 Å². The van der Waals surface area contributed by atoms with Gasteiger partial charge in [0, 0.05) is 6.04 Å². The first-order valence-electron chi connectivity index (χ1n) is 4.98. The smallest absolute Gasteiger partial charge is 0.00950 e. The minimum Gasteiger partial charge on any atom is -0.314 e. The second-order valence-electron chi connectivity index (χ2n) is 3.89. The summed E-state index contributed by atoms with van der Waals surface area (Å²) in [5.74, 6) is 0. The summed E-state index contributed by atoms with van der Waals surface area (Å²) >= 11 is 0. The van der Waals surface area contributed by atoms with E-state index in [9.17, 15) is 0 Å². The zero-order chi connectivity index (χ0) is 8.32. The van der Waals surface area contributed by atoms with Gasteiger partial charge < -0.3 is 5.32 Å². The lowest BCUT2D eigenvalue weighted by Gasteiger charge is -2.23. The molecule has 0 heterocycles. The van der Waals surface area contributed by atoms with Crippen LogP contribution in [0.25, 0.3) is 0 Å². The summed E-state index contributed by atoms with van der Waals surface area (Å²) in [6.45, 7) is 7.94. The third kappa shape index (κ3) is 1.96. The lowest BCUT2D eigenvalue weighted by atomic mass is 9.92. The largest absolute Gasteiger partial charge is 0.314 e. The number of rotatable bonds is 5. The highest BCUT2D eigenvalue weighted by Gasteiger charge is 2.45. The Labute approximate surface area is 70.6 Å². The quantitative estimate of drug-likeness (QED) is 0.643. The van der Waals surface area contributed by atoms with Crippen LogP contribution in [0.2, 0.25) is 0 Å². The average molecular weight is 155 g/mol. The number of hydrogen-bond acceptors (Lipinski definition) is 1. The van der Waals surface area contributed by atoms with E-state index in [4.69, 9.17) is 0 Å². The molecule has 1 unspecified atom stereocenters. The van der Waals surface area contributed by atoms with Crippen LogP contribution >= 0.6 is 0 Å². The Morgan fingerprint density at radius 1 is 1.36 bits per heavy atom. The standard InChI is InChI=1S/C10H21N/c1-4-6-10(7-8-10)9(3)11-5-2/h9,11H,4-8H2,1-3H3. The Morgan fingerprint density at radius 3 is 2.36 bits per heavy atom. The summed E-state index contributed by atoms with van der Waals surface area (Å²) in [6, 6.07) is 0.743. The van der Waals surface area contributed by atoms with E-state index in [-0.39, 0.29) is 0 Å². The van der Waals surface area contributed by atoms with Crippen molar-refractivity contribution < 1.29 is 0 Å². The summed E-state index contributed by atoms with van der Waals surface area (Å²) in [6.07, 6.45) is 5.67. The predicted molar refractivity (Wildman–Crippen MR) is 49.7 cm³/mol. The first kappa shape index (κ1) is 9.05. The van der Waals surface area contributed by atoms with Crippen LogP contribution in [-0.2, 0) is 0 Å². The number of hydrogen-bond donors (Lipinski definition) is 1. The molecule has 0 spiro atoms. The van der Waals surface area contributed by atoms with E-state index < -0.39 is 0 Å². The second-order valence-corrected chi connectivity index (χ2v) is 3.89. The highest BCUT2D eigenvalue weighted by molar-refractivity contribution is 4.99. The van der Waals surface area contributed by atoms with Gasteiger partial charge in [0.05, 0.1) is 0 Å². The van der Waals surface area contributed by atoms with Crippen LogP contribution in [0.5, 0.6) is 0 Å². The first-order chi connectivity index (χ1) is 5.25. The van der Waals surface area contributed by atoms with Crippen molar-refractivity contribution in [1.82, 2.24) is 5.32 Å². The van der Waals surface area contributed by atoms with Crippen molar-refractivity contribution in [3.8, 4) is 0 Å². The molecule has 1 saturated carbocycles. The molecule has 0 aromatic rings. The molecule has 0 bridgehead atoms. The van der Waals surface area contributed by atoms with Gasteiger partial charge in [0.15, 0.2) is 0 Å². The van der Waals surface area contributed by atoms with E-state index in [1.807, 2.05) is 0 Å². The van der Waals surface area contributed by atoms with Gasteiger partial charge in [-0.3, -0.25) is 0 Å². The third-order valence-electron chi connectivity index (χ3n) is 3.07. The van der Waals surface area contributed by atoms with Gasteiger partial charge in [-0.25, -0.2) is 0 Å². The number of nitrogens with one attached hydrogen (secondary N) is 1. The fraction of sp³-hybridized carbons (Fsp3) is 1.00. The molecule has 1 aliphatic carbocycles. The molecule has 0 radical (unpaired) electrons. The monoisotopic (exact) mass is 155 g/mol. The highest BCUT2D eigenvalue weighted by Crippen LogP contribution is 2.52. The second kappa shape index (κ2) is 3.57. The minimum atomic E-state index is 0.699. The SMILES string of the molecule is CCCC1(C(C)NCC)CC1. The van der Waals surface area contributed by atoms with Crippen LogP contribution in [-0.4, -0.2) is 12.6 Å². The average Bonchev–Trinajstić information content (AvgIpc) is 2.71. The molecule has 1 rings (SSSR count). The van der Waals surface area contributed by atoms with E-state index >= 15 is 0 Å². The van der Waals surface area contributed by atoms with Crippen LogP contribution in [0.3, 0.4) is 0 Å². The summed E-state index contributed by atoms with van der Waals surface area (Å²) in [7, 11) is 0. The zero-order valence-corrected chi connectivity index (χ0v) is 8.11. The molecule has 0 aromatic heterocycles. The lowest BCUT2D eigenvalue weighted by Crippen LogP contribution is -2.34. The first-order valence-corrected chi connectivity index (χ1v) is 4.98. The Kier molecular flexibility index (Phi) is 2.94. The van der Waals surface area contributed by atoms with Crippen LogP contribution in [0.15, 0.2) is 0 Å². The Balaban J connectivity index is 2.31. The van der Waals surface area contributed by atoms with Crippen molar-refractivity contribution in [2.45, 2.75) is 52.5 Å². The molecular weight excluding hydrogens is 134 g/mol. The Bertz CT molecular complexity index is 116. The van der Waals surface area contributed by atoms with Gasteiger partial charge in [-0.05, 0) is 38.1 Å². The van der Waals surface area contributed by atoms with Crippen LogP contribution in [0.1, 0.15) is 46.5 Å². The van der Waals surface area contributed by atoms with E-state index in [1.165, 1.54) is 25.7 Å². The van der Waals surface area contributed by atoms with Crippen LogP contribution in [0.4, 0.5) is 0 Å². The van der Waals surface area contributed by atoms with E-state index in [2.05, 4.69) is 26.1 Å². The van der Waals surface area contributed by atoms with Gasteiger partial charge in [0.1, 0.15) is 0 Å². The minimum absolute atomic E-state index is 0.699. The fourth-order valence-electron chi connectivity index (χ4n) is 2.08. The molecule has 1 fully saturated rings. The van der Waals surface area contributed by atoms with E-state index in [0.717, 1.165) is 12.6 Å². The maximum atomic E-state index is 3.53. The van der Waals surface area contributed by atoms with Crippen LogP contribution < -0.4 is 5.32 Å². The van der Waals surface area contributed by atoms with Crippen molar-refractivity contribution in [2.24, 2.45) is 5.41 Å². The maximum absolute atomic E-state index is 3.53. The van der Waals surface area contributed by atoms with Crippen molar-refractivity contribution in [3.63, 3.8) is 0 Å². The molecule has 1 heteroatoms. The summed E-state index contributed by atoms with van der Waals surface area (Å²) < 4.78 is 0. The van der Waals surface area contributed by atoms with Crippen LogP contribution in [0, 0.1) is 5.41 Å². The van der Waals surface area contributed by atoms with E-state index in [1.54, 1.807) is 0 Å². The maximum Gasteiger partial charge on any atom is 0.00950 e. The molecule has 0 amide bonds. The molecule has 0 saturated heterocycles. The lowest BCUT2D eigenvalue weighted by molar-refractivity contribution is 0.332. The van der Waals surface area contributed by atoms with Crippen molar-refractivity contribution in [3.05, 3.63) is 0 Å². The normalized spacial score (nSPS) is 23.2. The Hall–Kier alpha value is -0.0400. The predicted octanol–water partition coefficient (Wildman–Crippen LogP) is 2.56.